The first-order valence-electron chi connectivity index (χ1n) is 3.77. The van der Waals surface area contributed by atoms with Crippen LogP contribution in [-0.4, -0.2) is 17.5 Å². The van der Waals surface area contributed by atoms with Crippen LogP contribution >= 0.6 is 0 Å². The largest absolute Gasteiger partial charge is 0.385 e. The fourth-order valence-electron chi connectivity index (χ4n) is 0.992. The first-order chi connectivity index (χ1) is 5.75. The Bertz CT molecular complexity index is 243. The molecule has 0 saturated carbocycles. The van der Waals surface area contributed by atoms with Gasteiger partial charge in [0.25, 0.3) is 0 Å². The molecule has 0 aliphatic heterocycles. The number of aliphatic hydroxyl groups excluding tert-OH is 1. The summed E-state index contributed by atoms with van der Waals surface area (Å²) >= 11 is 0. The van der Waals surface area contributed by atoms with Crippen molar-refractivity contribution in [1.29, 1.82) is 0 Å². The summed E-state index contributed by atoms with van der Waals surface area (Å²) in [6.07, 6.45) is -0.502. The normalized spacial score (nSPS) is 15.2. The highest BCUT2D eigenvalue weighted by Gasteiger charge is 2.14. The molecule has 2 nitrogen and oxygen atoms in total. The molecule has 1 rings (SSSR count). The van der Waals surface area contributed by atoms with E-state index >= 15 is 0 Å². The fourth-order valence-corrected chi connectivity index (χ4v) is 0.992. The quantitative estimate of drug-likeness (QED) is 0.679. The van der Waals surface area contributed by atoms with E-state index < -0.39 is 6.10 Å². The predicted molar refractivity (Wildman–Crippen MR) is 46.6 cm³/mol. The molecule has 1 radical (unpaired) electrons. The smallest absolute Gasteiger partial charge is 0.149 e. The van der Waals surface area contributed by atoms with Gasteiger partial charge < -0.3 is 9.90 Å². The minimum absolute atomic E-state index is 0.372. The molecule has 0 fully saturated rings. The van der Waals surface area contributed by atoms with Gasteiger partial charge in [0.1, 0.15) is 12.4 Å². The molecule has 0 saturated heterocycles. The van der Waals surface area contributed by atoms with Gasteiger partial charge in [0.05, 0.1) is 0 Å². The molecule has 0 bridgehead atoms. The molecule has 12 heavy (non-hydrogen) atoms. The highest BCUT2D eigenvalue weighted by molar-refractivity contribution is 5.58. The topological polar surface area (TPSA) is 37.3 Å². The lowest BCUT2D eigenvalue weighted by Crippen LogP contribution is -2.17. The van der Waals surface area contributed by atoms with Crippen LogP contribution in [0, 0.1) is 6.92 Å². The second-order valence-electron chi connectivity index (χ2n) is 2.64. The second-order valence-corrected chi connectivity index (χ2v) is 2.64. The Hall–Kier alpha value is -1.15. The number of aldehydes is 1. The third kappa shape index (κ3) is 1.92. The number of hydrogen-bond donors (Lipinski definition) is 1. The van der Waals surface area contributed by atoms with Crippen LogP contribution in [-0.2, 0) is 4.79 Å². The summed E-state index contributed by atoms with van der Waals surface area (Å²) in [5.74, 6) is -0.372. The monoisotopic (exact) mass is 163 g/mol. The van der Waals surface area contributed by atoms with Gasteiger partial charge in [-0.05, 0) is 12.5 Å². The van der Waals surface area contributed by atoms with Gasteiger partial charge in [0.15, 0.2) is 0 Å². The van der Waals surface area contributed by atoms with E-state index in [2.05, 4.69) is 6.92 Å². The summed E-state index contributed by atoms with van der Waals surface area (Å²) in [6, 6.07) is 9.26. The van der Waals surface area contributed by atoms with Crippen LogP contribution < -0.4 is 0 Å². The Morgan fingerprint density at radius 1 is 1.33 bits per heavy atom. The first kappa shape index (κ1) is 8.94. The van der Waals surface area contributed by atoms with Gasteiger partial charge in [-0.3, -0.25) is 0 Å². The highest BCUT2D eigenvalue weighted by atomic mass is 16.3. The van der Waals surface area contributed by atoms with Crippen LogP contribution in [0.5, 0.6) is 0 Å². The van der Waals surface area contributed by atoms with Crippen LogP contribution in [0.1, 0.15) is 11.5 Å². The summed E-state index contributed by atoms with van der Waals surface area (Å²) in [5.41, 5.74) is 0.872. The number of carbonyl (C=O) groups excluding carboxylic acids is 1. The third-order valence-corrected chi connectivity index (χ3v) is 1.78. The number of hydrogen-bond acceptors (Lipinski definition) is 2. The van der Waals surface area contributed by atoms with E-state index in [9.17, 15) is 4.79 Å². The zero-order valence-electron chi connectivity index (χ0n) is 6.68. The fraction of sp³-hybridized carbons (Fsp3) is 0.200. The molecule has 1 aromatic carbocycles. The first-order valence-corrected chi connectivity index (χ1v) is 3.77. The maximum Gasteiger partial charge on any atom is 0.149 e. The van der Waals surface area contributed by atoms with Crippen LogP contribution in [0.15, 0.2) is 30.3 Å². The zero-order valence-corrected chi connectivity index (χ0v) is 6.68. The van der Waals surface area contributed by atoms with Gasteiger partial charge in [-0.15, -0.1) is 0 Å². The Labute approximate surface area is 71.8 Å². The summed E-state index contributed by atoms with van der Waals surface area (Å²) in [6.45, 7) is 3.70. The molecule has 0 aliphatic carbocycles. The van der Waals surface area contributed by atoms with Crippen molar-refractivity contribution in [3.8, 4) is 0 Å². The van der Waals surface area contributed by atoms with E-state index in [1.807, 2.05) is 30.3 Å². The van der Waals surface area contributed by atoms with Crippen molar-refractivity contribution >= 4 is 6.29 Å². The molecule has 0 aromatic heterocycles. The minimum atomic E-state index is -1.01. The van der Waals surface area contributed by atoms with Gasteiger partial charge in [0, 0.05) is 5.92 Å². The minimum Gasteiger partial charge on any atom is -0.385 e. The summed E-state index contributed by atoms with van der Waals surface area (Å²) < 4.78 is 0. The van der Waals surface area contributed by atoms with Crippen molar-refractivity contribution < 1.29 is 9.90 Å². The molecular formula is C10H11O2. The summed E-state index contributed by atoms with van der Waals surface area (Å²) in [4.78, 5) is 10.2. The molecule has 63 valence electrons. The molecule has 1 N–H and O–H groups in total. The predicted octanol–water partition coefficient (Wildman–Crippen LogP) is 1.16. The van der Waals surface area contributed by atoms with Crippen LogP contribution in [0.2, 0.25) is 0 Å². The van der Waals surface area contributed by atoms with Crippen molar-refractivity contribution in [3.05, 3.63) is 42.8 Å². The summed E-state index contributed by atoms with van der Waals surface area (Å²) in [5, 5.41) is 9.15. The number of carbonyl (C=O) groups is 1. The molecule has 2 heteroatoms. The van der Waals surface area contributed by atoms with E-state index in [4.69, 9.17) is 5.11 Å². The lowest BCUT2D eigenvalue weighted by molar-refractivity contribution is -0.115. The standard InChI is InChI=1S/C10H11O2/c1-8(10(12)7-11)9-5-3-2-4-6-9/h2-8,10,12H,1H2/t8-,10?/m1/s1. The van der Waals surface area contributed by atoms with E-state index in [1.165, 1.54) is 0 Å². The molecule has 0 heterocycles. The van der Waals surface area contributed by atoms with Crippen LogP contribution in [0.4, 0.5) is 0 Å². The van der Waals surface area contributed by atoms with Gasteiger partial charge >= 0.3 is 0 Å². The van der Waals surface area contributed by atoms with E-state index in [0.717, 1.165) is 5.56 Å². The second kappa shape index (κ2) is 4.02. The summed E-state index contributed by atoms with van der Waals surface area (Å²) in [7, 11) is 0. The molecule has 1 aromatic rings. The zero-order chi connectivity index (χ0) is 8.97. The lowest BCUT2D eigenvalue weighted by Gasteiger charge is -2.12. The van der Waals surface area contributed by atoms with Crippen molar-refractivity contribution in [2.75, 3.05) is 0 Å². The molecule has 0 aliphatic rings. The number of rotatable bonds is 3. The van der Waals surface area contributed by atoms with Crippen molar-refractivity contribution in [3.63, 3.8) is 0 Å². The highest BCUT2D eigenvalue weighted by Crippen LogP contribution is 2.16. The van der Waals surface area contributed by atoms with Gasteiger partial charge in [-0.25, -0.2) is 0 Å². The average molecular weight is 163 g/mol. The lowest BCUT2D eigenvalue weighted by atomic mass is 9.96. The molecule has 0 spiro atoms. The molecule has 0 amide bonds. The molecule has 2 atom stereocenters. The van der Waals surface area contributed by atoms with Crippen LogP contribution in [0.3, 0.4) is 0 Å². The van der Waals surface area contributed by atoms with E-state index in [-0.39, 0.29) is 5.92 Å². The number of benzene rings is 1. The maximum atomic E-state index is 10.2. The molecule has 1 unspecified atom stereocenters. The average Bonchev–Trinajstić information content (AvgIpc) is 2.17. The van der Waals surface area contributed by atoms with E-state index in [0.29, 0.717) is 6.29 Å². The Morgan fingerprint density at radius 3 is 2.42 bits per heavy atom. The van der Waals surface area contributed by atoms with Crippen molar-refractivity contribution in [2.24, 2.45) is 0 Å². The number of aliphatic hydroxyl groups is 1. The van der Waals surface area contributed by atoms with E-state index in [1.54, 1.807) is 0 Å². The third-order valence-electron chi connectivity index (χ3n) is 1.78. The maximum absolute atomic E-state index is 10.2. The van der Waals surface area contributed by atoms with Gasteiger partial charge in [0.2, 0.25) is 0 Å². The Morgan fingerprint density at radius 2 is 1.92 bits per heavy atom. The molecular weight excluding hydrogens is 152 g/mol. The van der Waals surface area contributed by atoms with Crippen molar-refractivity contribution in [2.45, 2.75) is 12.0 Å². The van der Waals surface area contributed by atoms with Gasteiger partial charge in [-0.1, -0.05) is 30.3 Å². The Balaban J connectivity index is 2.78. The van der Waals surface area contributed by atoms with Crippen LogP contribution in [0.25, 0.3) is 0 Å². The Kier molecular flexibility index (Phi) is 3.00. The van der Waals surface area contributed by atoms with Crippen molar-refractivity contribution in [1.82, 2.24) is 0 Å². The van der Waals surface area contributed by atoms with Gasteiger partial charge in [-0.2, -0.15) is 0 Å². The SMILES string of the molecule is [CH2][C@H](c1ccccc1)C(O)C=O.